The molecule has 26 heavy (non-hydrogen) atoms. The third-order valence-electron chi connectivity index (χ3n) is 3.65. The molecule has 0 N–H and O–H groups in total. The summed E-state index contributed by atoms with van der Waals surface area (Å²) >= 11 is 0. The van der Waals surface area contributed by atoms with E-state index in [9.17, 15) is 22.4 Å². The summed E-state index contributed by atoms with van der Waals surface area (Å²) in [6.45, 7) is 0. The van der Waals surface area contributed by atoms with Crippen LogP contribution in [0.25, 0.3) is 11.1 Å². The molecule has 0 aromatic heterocycles. The zero-order chi connectivity index (χ0) is 18.7. The lowest BCUT2D eigenvalue weighted by molar-refractivity contribution is -0.134. The molecule has 3 aromatic carbocycles. The molecular formula is C20H12F4O2. The van der Waals surface area contributed by atoms with Crippen LogP contribution in [0.1, 0.15) is 10.4 Å². The molecule has 0 aliphatic heterocycles. The molecule has 0 aliphatic carbocycles. The van der Waals surface area contributed by atoms with Gasteiger partial charge in [-0.15, -0.1) is 0 Å². The summed E-state index contributed by atoms with van der Waals surface area (Å²) < 4.78 is 59.0. The molecule has 0 aliphatic rings. The monoisotopic (exact) mass is 360 g/mol. The minimum atomic E-state index is -4.30. The molecule has 0 saturated carbocycles. The average Bonchev–Trinajstić information content (AvgIpc) is 2.62. The highest BCUT2D eigenvalue weighted by molar-refractivity contribution is 6.00. The smallest absolute Gasteiger partial charge is 0.426 e. The summed E-state index contributed by atoms with van der Waals surface area (Å²) in [5, 5.41) is 0. The number of carbonyl (C=O) groups is 1. The Balaban J connectivity index is 1.79. The SMILES string of the molecule is O=C(c1ccc(F)cc1F)C(F)(F)Oc1ccc(-c2ccccc2)cc1. The van der Waals surface area contributed by atoms with Gasteiger partial charge in [-0.3, -0.25) is 4.79 Å². The van der Waals surface area contributed by atoms with E-state index in [0.717, 1.165) is 17.2 Å². The van der Waals surface area contributed by atoms with Gasteiger partial charge in [0, 0.05) is 6.07 Å². The fraction of sp³-hybridized carbons (Fsp3) is 0.0500. The van der Waals surface area contributed by atoms with Gasteiger partial charge >= 0.3 is 6.11 Å². The van der Waals surface area contributed by atoms with Crippen LogP contribution in [0.15, 0.2) is 72.8 Å². The summed E-state index contributed by atoms with van der Waals surface area (Å²) in [6.07, 6.45) is -4.30. The number of hydrogen-bond donors (Lipinski definition) is 0. The van der Waals surface area contributed by atoms with E-state index in [1.54, 1.807) is 12.1 Å². The van der Waals surface area contributed by atoms with Gasteiger partial charge in [-0.1, -0.05) is 42.5 Å². The number of alkyl halides is 2. The van der Waals surface area contributed by atoms with Gasteiger partial charge in [0.2, 0.25) is 0 Å². The summed E-state index contributed by atoms with van der Waals surface area (Å²) in [4.78, 5) is 11.9. The van der Waals surface area contributed by atoms with E-state index in [1.807, 2.05) is 30.3 Å². The number of Topliss-reactive ketones (excluding diaryl/α,β-unsaturated/α-hetero) is 1. The van der Waals surface area contributed by atoms with E-state index < -0.39 is 29.1 Å². The van der Waals surface area contributed by atoms with Crippen LogP contribution in [0.2, 0.25) is 0 Å². The lowest BCUT2D eigenvalue weighted by Gasteiger charge is -2.17. The van der Waals surface area contributed by atoms with Crippen molar-refractivity contribution in [2.75, 3.05) is 0 Å². The van der Waals surface area contributed by atoms with Crippen molar-refractivity contribution >= 4 is 5.78 Å². The highest BCUT2D eigenvalue weighted by atomic mass is 19.3. The normalized spacial score (nSPS) is 11.2. The average molecular weight is 360 g/mol. The Morgan fingerprint density at radius 2 is 1.42 bits per heavy atom. The maximum absolute atomic E-state index is 14.1. The molecule has 0 radical (unpaired) electrons. The molecule has 3 aromatic rings. The first-order valence-corrected chi connectivity index (χ1v) is 7.59. The van der Waals surface area contributed by atoms with Gasteiger partial charge in [-0.05, 0) is 35.4 Å². The third kappa shape index (κ3) is 3.74. The van der Waals surface area contributed by atoms with E-state index in [-0.39, 0.29) is 5.75 Å². The molecule has 6 heteroatoms. The number of ketones is 1. The van der Waals surface area contributed by atoms with Crippen LogP contribution in [-0.2, 0) is 0 Å². The quantitative estimate of drug-likeness (QED) is 0.444. The van der Waals surface area contributed by atoms with Gasteiger partial charge in [0.05, 0.1) is 5.56 Å². The molecule has 0 amide bonds. The van der Waals surface area contributed by atoms with Crippen molar-refractivity contribution in [2.24, 2.45) is 0 Å². The molecule has 0 fully saturated rings. The highest BCUT2D eigenvalue weighted by Crippen LogP contribution is 2.28. The van der Waals surface area contributed by atoms with Gasteiger partial charge < -0.3 is 4.74 Å². The lowest BCUT2D eigenvalue weighted by atomic mass is 10.1. The Labute approximate surface area is 146 Å². The molecule has 0 saturated heterocycles. The first kappa shape index (κ1) is 17.7. The number of benzene rings is 3. The zero-order valence-corrected chi connectivity index (χ0v) is 13.3. The Hall–Kier alpha value is -3.15. The van der Waals surface area contributed by atoms with Gasteiger partial charge in [0.25, 0.3) is 5.78 Å². The Kier molecular flexibility index (Phi) is 4.75. The summed E-state index contributed by atoms with van der Waals surface area (Å²) in [5.41, 5.74) is 0.713. The van der Waals surface area contributed by atoms with Crippen LogP contribution < -0.4 is 4.74 Å². The molecule has 2 nitrogen and oxygen atoms in total. The number of rotatable bonds is 5. The van der Waals surface area contributed by atoms with Crippen molar-refractivity contribution in [3.8, 4) is 16.9 Å². The summed E-state index contributed by atoms with van der Waals surface area (Å²) in [7, 11) is 0. The molecule has 0 unspecified atom stereocenters. The van der Waals surface area contributed by atoms with Crippen molar-refractivity contribution < 1.29 is 27.1 Å². The number of halogens is 4. The standard InChI is InChI=1S/C20H12F4O2/c21-15-8-11-17(18(22)12-15)19(25)20(23,24)26-16-9-6-14(7-10-16)13-4-2-1-3-5-13/h1-12H. The van der Waals surface area contributed by atoms with Crippen LogP contribution in [0.5, 0.6) is 5.75 Å². The van der Waals surface area contributed by atoms with E-state index in [2.05, 4.69) is 4.74 Å². The predicted molar refractivity (Wildman–Crippen MR) is 88.1 cm³/mol. The molecule has 0 atom stereocenters. The number of hydrogen-bond acceptors (Lipinski definition) is 2. The van der Waals surface area contributed by atoms with Crippen molar-refractivity contribution in [2.45, 2.75) is 6.11 Å². The van der Waals surface area contributed by atoms with E-state index in [0.29, 0.717) is 12.1 Å². The van der Waals surface area contributed by atoms with Crippen molar-refractivity contribution in [1.82, 2.24) is 0 Å². The van der Waals surface area contributed by atoms with E-state index in [4.69, 9.17) is 0 Å². The molecular weight excluding hydrogens is 348 g/mol. The van der Waals surface area contributed by atoms with Crippen molar-refractivity contribution in [3.63, 3.8) is 0 Å². The maximum atomic E-state index is 14.1. The third-order valence-corrected chi connectivity index (χ3v) is 3.65. The summed E-state index contributed by atoms with van der Waals surface area (Å²) in [6, 6.07) is 16.6. The second kappa shape index (κ2) is 7.00. The highest BCUT2D eigenvalue weighted by Gasteiger charge is 2.44. The largest absolute Gasteiger partial charge is 0.466 e. The van der Waals surface area contributed by atoms with Crippen LogP contribution >= 0.6 is 0 Å². The number of ether oxygens (including phenoxy) is 1. The van der Waals surface area contributed by atoms with E-state index in [1.165, 1.54) is 12.1 Å². The second-order valence-electron chi connectivity index (χ2n) is 5.46. The van der Waals surface area contributed by atoms with Crippen LogP contribution in [0.4, 0.5) is 17.6 Å². The predicted octanol–water partition coefficient (Wildman–Crippen LogP) is 5.49. The molecule has 0 spiro atoms. The Bertz CT molecular complexity index is 922. The molecule has 3 rings (SSSR count). The van der Waals surface area contributed by atoms with Gasteiger partial charge in [0.1, 0.15) is 17.4 Å². The fourth-order valence-electron chi connectivity index (χ4n) is 2.37. The zero-order valence-electron chi connectivity index (χ0n) is 13.3. The van der Waals surface area contributed by atoms with Crippen LogP contribution in [-0.4, -0.2) is 11.9 Å². The van der Waals surface area contributed by atoms with Crippen LogP contribution in [0, 0.1) is 11.6 Å². The minimum absolute atomic E-state index is 0.259. The van der Waals surface area contributed by atoms with Crippen LogP contribution in [0.3, 0.4) is 0 Å². The first-order chi connectivity index (χ1) is 12.4. The molecule has 0 heterocycles. The lowest BCUT2D eigenvalue weighted by Crippen LogP contribution is -2.35. The molecule has 132 valence electrons. The fourth-order valence-corrected chi connectivity index (χ4v) is 2.37. The van der Waals surface area contributed by atoms with Crippen molar-refractivity contribution in [1.29, 1.82) is 0 Å². The maximum Gasteiger partial charge on any atom is 0.466 e. The molecule has 0 bridgehead atoms. The topological polar surface area (TPSA) is 26.3 Å². The second-order valence-corrected chi connectivity index (χ2v) is 5.46. The Morgan fingerprint density at radius 3 is 2.04 bits per heavy atom. The van der Waals surface area contributed by atoms with Gasteiger partial charge in [0.15, 0.2) is 0 Å². The van der Waals surface area contributed by atoms with Gasteiger partial charge in [-0.2, -0.15) is 8.78 Å². The Morgan fingerprint density at radius 1 is 0.808 bits per heavy atom. The number of carbonyl (C=O) groups excluding carboxylic acids is 1. The minimum Gasteiger partial charge on any atom is -0.426 e. The van der Waals surface area contributed by atoms with Gasteiger partial charge in [-0.25, -0.2) is 8.78 Å². The van der Waals surface area contributed by atoms with E-state index >= 15 is 0 Å². The first-order valence-electron chi connectivity index (χ1n) is 7.59. The van der Waals surface area contributed by atoms with Crippen molar-refractivity contribution in [3.05, 3.63) is 90.0 Å². The summed E-state index contributed by atoms with van der Waals surface area (Å²) in [5.74, 6) is -4.50.